The number of hydrogen-bond donors (Lipinski definition) is 1. The molecule has 0 radical (unpaired) electrons. The second-order valence-corrected chi connectivity index (χ2v) is 8.35. The molecule has 9 nitrogen and oxygen atoms in total. The SMILES string of the molecule is O=C(O)c1cn(C2CC2)c2nc(N3CC4ON=C(c5ccncc5)C4C3)c(F)cc2c1=O. The Morgan fingerprint density at radius 3 is 2.72 bits per heavy atom. The Morgan fingerprint density at radius 2 is 2.00 bits per heavy atom. The first-order chi connectivity index (χ1) is 15.5. The van der Waals surface area contributed by atoms with Crippen LogP contribution in [0.1, 0.15) is 34.8 Å². The summed E-state index contributed by atoms with van der Waals surface area (Å²) in [4.78, 5) is 40.1. The third kappa shape index (κ3) is 2.86. The fourth-order valence-corrected chi connectivity index (χ4v) is 4.54. The molecule has 2 atom stereocenters. The number of rotatable bonds is 4. The molecular formula is C22H18FN5O4. The molecule has 162 valence electrons. The number of carbonyl (C=O) groups is 1. The predicted octanol–water partition coefficient (Wildman–Crippen LogP) is 2.20. The Balaban J connectivity index is 1.40. The van der Waals surface area contributed by atoms with Crippen molar-refractivity contribution in [1.29, 1.82) is 0 Å². The van der Waals surface area contributed by atoms with Crippen molar-refractivity contribution in [2.45, 2.75) is 25.0 Å². The van der Waals surface area contributed by atoms with Crippen LogP contribution in [0.15, 0.2) is 46.7 Å². The number of nitrogens with zero attached hydrogens (tertiary/aromatic N) is 5. The maximum Gasteiger partial charge on any atom is 0.341 e. The Morgan fingerprint density at radius 1 is 1.22 bits per heavy atom. The maximum absolute atomic E-state index is 15.1. The zero-order valence-corrected chi connectivity index (χ0v) is 16.8. The first kappa shape index (κ1) is 18.9. The van der Waals surface area contributed by atoms with E-state index >= 15 is 4.39 Å². The van der Waals surface area contributed by atoms with Gasteiger partial charge in [-0.2, -0.15) is 0 Å². The van der Waals surface area contributed by atoms with Crippen LogP contribution in [0, 0.1) is 11.7 Å². The molecule has 0 bridgehead atoms. The average Bonchev–Trinajstić information content (AvgIpc) is 3.42. The van der Waals surface area contributed by atoms with Gasteiger partial charge in [0.2, 0.25) is 5.43 Å². The minimum Gasteiger partial charge on any atom is -0.477 e. The van der Waals surface area contributed by atoms with Gasteiger partial charge >= 0.3 is 5.97 Å². The van der Waals surface area contributed by atoms with E-state index in [1.165, 1.54) is 6.20 Å². The fourth-order valence-electron chi connectivity index (χ4n) is 4.54. The van der Waals surface area contributed by atoms with Gasteiger partial charge in [0.05, 0.1) is 23.6 Å². The van der Waals surface area contributed by atoms with Gasteiger partial charge in [-0.1, -0.05) is 5.16 Å². The van der Waals surface area contributed by atoms with E-state index in [0.29, 0.717) is 18.7 Å². The average molecular weight is 435 g/mol. The van der Waals surface area contributed by atoms with Crippen molar-refractivity contribution in [3.8, 4) is 0 Å². The van der Waals surface area contributed by atoms with Crippen LogP contribution in [0.5, 0.6) is 0 Å². The van der Waals surface area contributed by atoms with Gasteiger partial charge in [0.15, 0.2) is 17.7 Å². The van der Waals surface area contributed by atoms with Crippen LogP contribution in [0.4, 0.5) is 10.2 Å². The minimum absolute atomic E-state index is 0.0206. The maximum atomic E-state index is 15.1. The second-order valence-electron chi connectivity index (χ2n) is 8.35. The topological polar surface area (TPSA) is 110 Å². The van der Waals surface area contributed by atoms with Gasteiger partial charge in [-0.15, -0.1) is 0 Å². The Hall–Kier alpha value is -3.82. The third-order valence-corrected chi connectivity index (χ3v) is 6.29. The molecule has 2 unspecified atom stereocenters. The minimum atomic E-state index is -1.33. The lowest BCUT2D eigenvalue weighted by Crippen LogP contribution is -2.26. The lowest BCUT2D eigenvalue weighted by Gasteiger charge is -2.20. The highest BCUT2D eigenvalue weighted by molar-refractivity contribution is 6.03. The molecule has 5 heterocycles. The summed E-state index contributed by atoms with van der Waals surface area (Å²) in [6.45, 7) is 0.862. The number of carboxylic acids is 1. The van der Waals surface area contributed by atoms with Crippen LogP contribution in [0.2, 0.25) is 0 Å². The number of carboxylic acid groups (broad SMARTS) is 1. The summed E-state index contributed by atoms with van der Waals surface area (Å²) >= 11 is 0. The molecule has 32 heavy (non-hydrogen) atoms. The highest BCUT2D eigenvalue weighted by Crippen LogP contribution is 2.38. The molecule has 2 fully saturated rings. The molecule has 0 aromatic carbocycles. The van der Waals surface area contributed by atoms with Crippen LogP contribution in [-0.2, 0) is 4.84 Å². The lowest BCUT2D eigenvalue weighted by atomic mass is 9.96. The van der Waals surface area contributed by atoms with Gasteiger partial charge in [0, 0.05) is 36.7 Å². The van der Waals surface area contributed by atoms with Gasteiger partial charge in [-0.3, -0.25) is 9.78 Å². The Kier molecular flexibility index (Phi) is 4.04. The molecule has 1 saturated heterocycles. The van der Waals surface area contributed by atoms with E-state index in [2.05, 4.69) is 15.1 Å². The smallest absolute Gasteiger partial charge is 0.341 e. The number of aromatic carboxylic acids is 1. The van der Waals surface area contributed by atoms with E-state index in [0.717, 1.165) is 30.2 Å². The summed E-state index contributed by atoms with van der Waals surface area (Å²) in [6, 6.07) is 4.89. The normalized spacial score (nSPS) is 22.0. The Bertz CT molecular complexity index is 1350. The molecule has 0 spiro atoms. The summed E-state index contributed by atoms with van der Waals surface area (Å²) in [7, 11) is 0. The molecule has 10 heteroatoms. The number of anilines is 1. The van der Waals surface area contributed by atoms with Crippen LogP contribution in [0.3, 0.4) is 0 Å². The summed E-state index contributed by atoms with van der Waals surface area (Å²) in [5.41, 5.74) is 0.906. The third-order valence-electron chi connectivity index (χ3n) is 6.29. The van der Waals surface area contributed by atoms with Gasteiger partial charge in [-0.05, 0) is 31.0 Å². The highest BCUT2D eigenvalue weighted by atomic mass is 19.1. The number of fused-ring (bicyclic) bond motifs is 2. The highest BCUT2D eigenvalue weighted by Gasteiger charge is 2.44. The molecule has 3 aliphatic rings. The van der Waals surface area contributed by atoms with Crippen LogP contribution in [0.25, 0.3) is 11.0 Å². The summed E-state index contributed by atoms with van der Waals surface area (Å²) in [5.74, 6) is -1.92. The first-order valence-electron chi connectivity index (χ1n) is 10.4. The molecule has 2 aliphatic heterocycles. The van der Waals surface area contributed by atoms with Gasteiger partial charge in [0.1, 0.15) is 11.2 Å². The molecule has 3 aromatic heterocycles. The quantitative estimate of drug-likeness (QED) is 0.669. The summed E-state index contributed by atoms with van der Waals surface area (Å²) < 4.78 is 16.8. The molecule has 1 N–H and O–H groups in total. The van der Waals surface area contributed by atoms with Crippen molar-refractivity contribution in [2.75, 3.05) is 18.0 Å². The molecule has 1 saturated carbocycles. The van der Waals surface area contributed by atoms with Crippen molar-refractivity contribution in [2.24, 2.45) is 11.1 Å². The van der Waals surface area contributed by atoms with Gasteiger partial charge in [0.25, 0.3) is 0 Å². The molecule has 1 aliphatic carbocycles. The van der Waals surface area contributed by atoms with E-state index in [4.69, 9.17) is 4.84 Å². The molecule has 6 rings (SSSR count). The van der Waals surface area contributed by atoms with Gasteiger partial charge in [-0.25, -0.2) is 14.2 Å². The first-order valence-corrected chi connectivity index (χ1v) is 10.4. The van der Waals surface area contributed by atoms with Crippen molar-refractivity contribution in [3.63, 3.8) is 0 Å². The standard InChI is InChI=1S/C22H18FN5O4/c23-16-7-13-19(29)15(22(30)31)9-28(12-1-2-12)20(13)25-21(16)27-8-14-17(10-27)32-26-18(14)11-3-5-24-6-4-11/h3-7,9,12,14,17H,1-2,8,10H2,(H,30,31). The van der Waals surface area contributed by atoms with Crippen LogP contribution < -0.4 is 10.3 Å². The number of halogens is 1. The van der Waals surface area contributed by atoms with Crippen molar-refractivity contribution in [3.05, 3.63) is 64.0 Å². The van der Waals surface area contributed by atoms with E-state index in [1.54, 1.807) is 21.9 Å². The van der Waals surface area contributed by atoms with Crippen molar-refractivity contribution in [1.82, 2.24) is 14.5 Å². The van der Waals surface area contributed by atoms with E-state index < -0.39 is 17.2 Å². The molecular weight excluding hydrogens is 417 g/mol. The predicted molar refractivity (Wildman–Crippen MR) is 113 cm³/mol. The number of pyridine rings is 3. The largest absolute Gasteiger partial charge is 0.477 e. The monoisotopic (exact) mass is 435 g/mol. The summed E-state index contributed by atoms with van der Waals surface area (Å²) in [5, 5.41) is 13.6. The van der Waals surface area contributed by atoms with E-state index in [-0.39, 0.29) is 34.8 Å². The van der Waals surface area contributed by atoms with E-state index in [9.17, 15) is 14.7 Å². The zero-order chi connectivity index (χ0) is 22.0. The fraction of sp³-hybridized carbons (Fsp3) is 0.318. The lowest BCUT2D eigenvalue weighted by molar-refractivity contribution is 0.0694. The zero-order valence-electron chi connectivity index (χ0n) is 16.8. The number of aromatic nitrogens is 3. The molecule has 0 amide bonds. The van der Waals surface area contributed by atoms with Gasteiger partial charge < -0.3 is 19.4 Å². The number of oxime groups is 1. The van der Waals surface area contributed by atoms with Crippen molar-refractivity contribution < 1.29 is 19.1 Å². The number of hydrogen-bond acceptors (Lipinski definition) is 7. The Labute approximate surface area is 180 Å². The van der Waals surface area contributed by atoms with Crippen molar-refractivity contribution >= 4 is 28.5 Å². The van der Waals surface area contributed by atoms with Crippen LogP contribution in [-0.4, -0.2) is 50.5 Å². The second kappa shape index (κ2) is 6.84. The molecule has 3 aromatic rings. The van der Waals surface area contributed by atoms with E-state index in [1.807, 2.05) is 12.1 Å². The van der Waals surface area contributed by atoms with Crippen LogP contribution >= 0.6 is 0 Å². The summed E-state index contributed by atoms with van der Waals surface area (Å²) in [6.07, 6.45) is 6.19.